The Labute approximate surface area is 167 Å². The van der Waals surface area contributed by atoms with Gasteiger partial charge in [-0.15, -0.1) is 0 Å². The SMILES string of the molecule is CC(=O)c1ccccc1.CCN(CC)c1ccccc1C(=O)c1ccccc1. The summed E-state index contributed by atoms with van der Waals surface area (Å²) in [6.07, 6.45) is 0. The van der Waals surface area contributed by atoms with Crippen LogP contribution in [0.15, 0.2) is 84.9 Å². The number of para-hydroxylation sites is 1. The molecule has 3 heteroatoms. The molecule has 0 saturated heterocycles. The molecule has 0 radical (unpaired) electrons. The summed E-state index contributed by atoms with van der Waals surface area (Å²) in [5.74, 6) is 0.207. The van der Waals surface area contributed by atoms with Crippen LogP contribution in [0, 0.1) is 0 Å². The number of nitrogens with zero attached hydrogens (tertiary/aromatic N) is 1. The van der Waals surface area contributed by atoms with Gasteiger partial charge in [-0.2, -0.15) is 0 Å². The maximum absolute atomic E-state index is 12.6. The summed E-state index contributed by atoms with van der Waals surface area (Å²) in [4.78, 5) is 25.4. The van der Waals surface area contributed by atoms with Gasteiger partial charge in [0.1, 0.15) is 0 Å². The van der Waals surface area contributed by atoms with Crippen LogP contribution in [0.25, 0.3) is 0 Å². The second-order valence-electron chi connectivity index (χ2n) is 6.31. The fourth-order valence-electron chi connectivity index (χ4n) is 2.92. The van der Waals surface area contributed by atoms with Crippen LogP contribution in [0.4, 0.5) is 5.69 Å². The van der Waals surface area contributed by atoms with Crippen molar-refractivity contribution in [3.05, 3.63) is 102 Å². The van der Waals surface area contributed by atoms with Crippen molar-refractivity contribution < 1.29 is 9.59 Å². The van der Waals surface area contributed by atoms with E-state index in [1.54, 1.807) is 6.92 Å². The van der Waals surface area contributed by atoms with Crippen LogP contribution in [-0.2, 0) is 0 Å². The van der Waals surface area contributed by atoms with Gasteiger partial charge in [-0.25, -0.2) is 0 Å². The Morgan fingerprint density at radius 3 is 1.61 bits per heavy atom. The van der Waals surface area contributed by atoms with Crippen LogP contribution in [0.2, 0.25) is 0 Å². The molecule has 3 aromatic rings. The van der Waals surface area contributed by atoms with Gasteiger partial charge in [-0.05, 0) is 32.9 Å². The lowest BCUT2D eigenvalue weighted by atomic mass is 10.0. The van der Waals surface area contributed by atoms with Gasteiger partial charge in [0.15, 0.2) is 11.6 Å². The van der Waals surface area contributed by atoms with E-state index < -0.39 is 0 Å². The van der Waals surface area contributed by atoms with Crippen molar-refractivity contribution in [2.24, 2.45) is 0 Å². The predicted molar refractivity (Wildman–Crippen MR) is 116 cm³/mol. The monoisotopic (exact) mass is 373 g/mol. The van der Waals surface area contributed by atoms with Crippen molar-refractivity contribution in [3.63, 3.8) is 0 Å². The van der Waals surface area contributed by atoms with Crippen LogP contribution in [0.5, 0.6) is 0 Å². The molecule has 0 N–H and O–H groups in total. The first kappa shape index (κ1) is 21.1. The van der Waals surface area contributed by atoms with Crippen molar-refractivity contribution in [2.45, 2.75) is 20.8 Å². The first-order chi connectivity index (χ1) is 13.6. The highest BCUT2D eigenvalue weighted by molar-refractivity contribution is 6.12. The molecule has 0 unspecified atom stereocenters. The Morgan fingerprint density at radius 2 is 1.14 bits per heavy atom. The number of hydrogen-bond donors (Lipinski definition) is 0. The highest BCUT2D eigenvalue weighted by Crippen LogP contribution is 2.23. The van der Waals surface area contributed by atoms with Crippen molar-refractivity contribution in [1.82, 2.24) is 0 Å². The minimum absolute atomic E-state index is 0.0862. The lowest BCUT2D eigenvalue weighted by Gasteiger charge is -2.23. The molecule has 0 aromatic heterocycles. The van der Waals surface area contributed by atoms with E-state index in [-0.39, 0.29) is 11.6 Å². The quantitative estimate of drug-likeness (QED) is 0.524. The van der Waals surface area contributed by atoms with E-state index in [0.717, 1.165) is 35.5 Å². The second kappa shape index (κ2) is 10.8. The summed E-state index contributed by atoms with van der Waals surface area (Å²) in [5, 5.41) is 0. The van der Waals surface area contributed by atoms with Crippen LogP contribution in [0.3, 0.4) is 0 Å². The molecule has 0 atom stereocenters. The molecule has 0 aliphatic rings. The summed E-state index contributed by atoms with van der Waals surface area (Å²) in [6, 6.07) is 26.5. The van der Waals surface area contributed by atoms with E-state index in [1.165, 1.54) is 0 Å². The van der Waals surface area contributed by atoms with E-state index in [9.17, 15) is 9.59 Å². The first-order valence-corrected chi connectivity index (χ1v) is 9.58. The van der Waals surface area contributed by atoms with Crippen LogP contribution in [0.1, 0.15) is 47.1 Å². The molecule has 0 aliphatic carbocycles. The maximum Gasteiger partial charge on any atom is 0.195 e. The lowest BCUT2D eigenvalue weighted by Crippen LogP contribution is -2.24. The standard InChI is InChI=1S/C17H19NO.C8H8O/c1-3-18(4-2)16-13-9-8-12-15(16)17(19)14-10-6-5-7-11-14;1-7(9)8-5-3-2-4-6-8/h5-13H,3-4H2,1-2H3;2-6H,1H3. The van der Waals surface area contributed by atoms with E-state index >= 15 is 0 Å². The van der Waals surface area contributed by atoms with Gasteiger partial charge < -0.3 is 4.90 Å². The number of benzene rings is 3. The minimum Gasteiger partial charge on any atom is -0.371 e. The topological polar surface area (TPSA) is 37.4 Å². The van der Waals surface area contributed by atoms with E-state index in [0.29, 0.717) is 0 Å². The molecule has 0 amide bonds. The molecular formula is C25H27NO2. The number of Topliss-reactive ketones (excluding diaryl/α,β-unsaturated/α-hetero) is 1. The zero-order valence-electron chi connectivity index (χ0n) is 16.8. The van der Waals surface area contributed by atoms with Gasteiger partial charge in [0.2, 0.25) is 0 Å². The zero-order valence-corrected chi connectivity index (χ0v) is 16.8. The molecule has 0 spiro atoms. The average molecular weight is 373 g/mol. The molecular weight excluding hydrogens is 346 g/mol. The van der Waals surface area contributed by atoms with Crippen molar-refractivity contribution in [1.29, 1.82) is 0 Å². The first-order valence-electron chi connectivity index (χ1n) is 9.58. The van der Waals surface area contributed by atoms with Gasteiger partial charge >= 0.3 is 0 Å². The average Bonchev–Trinajstić information content (AvgIpc) is 2.76. The van der Waals surface area contributed by atoms with Crippen LogP contribution >= 0.6 is 0 Å². The zero-order chi connectivity index (χ0) is 20.4. The number of ketones is 2. The molecule has 3 aromatic carbocycles. The van der Waals surface area contributed by atoms with Crippen molar-refractivity contribution in [2.75, 3.05) is 18.0 Å². The third-order valence-electron chi connectivity index (χ3n) is 4.47. The Kier molecular flexibility index (Phi) is 8.16. The van der Waals surface area contributed by atoms with Crippen molar-refractivity contribution >= 4 is 17.3 Å². The molecule has 0 aliphatic heterocycles. The number of hydrogen-bond acceptors (Lipinski definition) is 3. The van der Waals surface area contributed by atoms with E-state index in [2.05, 4.69) is 18.7 Å². The Bertz CT molecular complexity index is 885. The van der Waals surface area contributed by atoms with E-state index in [4.69, 9.17) is 0 Å². The lowest BCUT2D eigenvalue weighted by molar-refractivity contribution is 0.101. The van der Waals surface area contributed by atoms with Gasteiger partial charge in [-0.3, -0.25) is 9.59 Å². The Hall–Kier alpha value is -3.20. The highest BCUT2D eigenvalue weighted by Gasteiger charge is 2.15. The molecule has 28 heavy (non-hydrogen) atoms. The molecule has 0 fully saturated rings. The Balaban J connectivity index is 0.000000261. The molecule has 0 heterocycles. The number of carbonyl (C=O) groups is 2. The van der Waals surface area contributed by atoms with Crippen LogP contribution in [-0.4, -0.2) is 24.7 Å². The smallest absolute Gasteiger partial charge is 0.195 e. The highest BCUT2D eigenvalue weighted by atomic mass is 16.1. The summed E-state index contributed by atoms with van der Waals surface area (Å²) < 4.78 is 0. The molecule has 144 valence electrons. The molecule has 0 saturated carbocycles. The summed E-state index contributed by atoms with van der Waals surface area (Å²) in [6.45, 7) is 7.57. The largest absolute Gasteiger partial charge is 0.371 e. The normalized spacial score (nSPS) is 9.82. The van der Waals surface area contributed by atoms with Gasteiger partial charge in [-0.1, -0.05) is 72.8 Å². The number of rotatable bonds is 6. The van der Waals surface area contributed by atoms with E-state index in [1.807, 2.05) is 84.9 Å². The fourth-order valence-corrected chi connectivity index (χ4v) is 2.92. The minimum atomic E-state index is 0.0862. The Morgan fingerprint density at radius 1 is 0.679 bits per heavy atom. The van der Waals surface area contributed by atoms with Gasteiger partial charge in [0.05, 0.1) is 0 Å². The third-order valence-corrected chi connectivity index (χ3v) is 4.47. The van der Waals surface area contributed by atoms with Crippen LogP contribution < -0.4 is 4.90 Å². The van der Waals surface area contributed by atoms with Gasteiger partial charge in [0, 0.05) is 35.5 Å². The summed E-state index contributed by atoms with van der Waals surface area (Å²) in [7, 11) is 0. The molecule has 3 nitrogen and oxygen atoms in total. The number of carbonyl (C=O) groups excluding carboxylic acids is 2. The van der Waals surface area contributed by atoms with Crippen molar-refractivity contribution in [3.8, 4) is 0 Å². The molecule has 0 bridgehead atoms. The number of anilines is 1. The molecule has 3 rings (SSSR count). The summed E-state index contributed by atoms with van der Waals surface area (Å²) >= 11 is 0. The predicted octanol–water partition coefficient (Wildman–Crippen LogP) is 5.65. The third kappa shape index (κ3) is 5.65. The van der Waals surface area contributed by atoms with Gasteiger partial charge in [0.25, 0.3) is 0 Å². The fraction of sp³-hybridized carbons (Fsp3) is 0.200. The summed E-state index contributed by atoms with van der Waals surface area (Å²) in [5.41, 5.74) is 3.30. The second-order valence-corrected chi connectivity index (χ2v) is 6.31. The maximum atomic E-state index is 12.6.